The minimum atomic E-state index is -0.876. The smallest absolute Gasteiger partial charge is 0.305 e. The molecule has 0 aliphatic carbocycles. The van der Waals surface area contributed by atoms with Gasteiger partial charge in [-0.1, -0.05) is 6.07 Å². The standard InChI is InChI=1S/C16H21NO5/c1-21-13-6-4-7-14(10-13)22-11-15(18)17-8-3-2-5-12(17)9-16(19)20/h4,6-7,10,12H,2-3,5,8-9,11H2,1H3,(H,19,20)/t12-/m1/s1. The van der Waals surface area contributed by atoms with Crippen molar-refractivity contribution in [2.24, 2.45) is 0 Å². The number of carboxylic acid groups (broad SMARTS) is 1. The van der Waals surface area contributed by atoms with Crippen molar-refractivity contribution in [2.75, 3.05) is 20.3 Å². The molecule has 22 heavy (non-hydrogen) atoms. The first-order valence-electron chi connectivity index (χ1n) is 7.38. The Morgan fingerprint density at radius 2 is 2.09 bits per heavy atom. The molecule has 1 amide bonds. The van der Waals surface area contributed by atoms with Crippen LogP contribution in [0.2, 0.25) is 0 Å². The molecule has 0 bridgehead atoms. The van der Waals surface area contributed by atoms with Crippen LogP contribution in [-0.2, 0) is 9.59 Å². The Morgan fingerprint density at radius 3 is 2.82 bits per heavy atom. The summed E-state index contributed by atoms with van der Waals surface area (Å²) in [5.74, 6) is 0.165. The highest BCUT2D eigenvalue weighted by Gasteiger charge is 2.28. The SMILES string of the molecule is COc1cccc(OCC(=O)N2CCCC[C@@H]2CC(=O)O)c1. The number of nitrogens with zero attached hydrogens (tertiary/aromatic N) is 1. The predicted octanol–water partition coefficient (Wildman–Crippen LogP) is 1.93. The minimum absolute atomic E-state index is 0.00903. The van der Waals surface area contributed by atoms with Crippen LogP contribution < -0.4 is 9.47 Å². The van der Waals surface area contributed by atoms with Crippen molar-refractivity contribution in [3.05, 3.63) is 24.3 Å². The lowest BCUT2D eigenvalue weighted by Crippen LogP contribution is -2.46. The number of aliphatic carboxylic acids is 1. The predicted molar refractivity (Wildman–Crippen MR) is 80.1 cm³/mol. The molecule has 120 valence electrons. The normalized spacial score (nSPS) is 17.9. The maximum absolute atomic E-state index is 12.3. The average Bonchev–Trinajstić information content (AvgIpc) is 2.53. The van der Waals surface area contributed by atoms with E-state index in [1.807, 2.05) is 0 Å². The summed E-state index contributed by atoms with van der Waals surface area (Å²) in [5.41, 5.74) is 0. The highest BCUT2D eigenvalue weighted by molar-refractivity contribution is 5.79. The number of carbonyl (C=O) groups excluding carboxylic acids is 1. The monoisotopic (exact) mass is 307 g/mol. The van der Waals surface area contributed by atoms with Crippen LogP contribution in [0.4, 0.5) is 0 Å². The van der Waals surface area contributed by atoms with E-state index in [1.165, 1.54) is 0 Å². The Labute approximate surface area is 129 Å². The summed E-state index contributed by atoms with van der Waals surface area (Å²) < 4.78 is 10.6. The molecule has 1 aromatic rings. The van der Waals surface area contributed by atoms with Crippen LogP contribution in [0.25, 0.3) is 0 Å². The van der Waals surface area contributed by atoms with Crippen molar-refractivity contribution in [3.8, 4) is 11.5 Å². The highest BCUT2D eigenvalue weighted by atomic mass is 16.5. The molecule has 0 spiro atoms. The first-order valence-corrected chi connectivity index (χ1v) is 7.38. The number of amides is 1. The number of rotatable bonds is 6. The van der Waals surface area contributed by atoms with E-state index in [4.69, 9.17) is 14.6 Å². The van der Waals surface area contributed by atoms with E-state index >= 15 is 0 Å². The molecule has 1 saturated heterocycles. The van der Waals surface area contributed by atoms with Gasteiger partial charge in [0.15, 0.2) is 6.61 Å². The summed E-state index contributed by atoms with van der Waals surface area (Å²) in [6.45, 7) is 0.502. The second kappa shape index (κ2) is 7.68. The van der Waals surface area contributed by atoms with Gasteiger partial charge in [-0.3, -0.25) is 9.59 Å². The van der Waals surface area contributed by atoms with Crippen LogP contribution in [0, 0.1) is 0 Å². The fourth-order valence-electron chi connectivity index (χ4n) is 2.66. The van der Waals surface area contributed by atoms with Crippen molar-refractivity contribution in [3.63, 3.8) is 0 Å². The molecule has 1 heterocycles. The largest absolute Gasteiger partial charge is 0.497 e. The maximum Gasteiger partial charge on any atom is 0.305 e. The Balaban J connectivity index is 1.93. The van der Waals surface area contributed by atoms with E-state index < -0.39 is 5.97 Å². The number of benzene rings is 1. The molecule has 0 radical (unpaired) electrons. The van der Waals surface area contributed by atoms with Crippen LogP contribution in [0.5, 0.6) is 11.5 Å². The van der Waals surface area contributed by atoms with Gasteiger partial charge in [0.25, 0.3) is 5.91 Å². The number of ether oxygens (including phenoxy) is 2. The number of hydrogen-bond acceptors (Lipinski definition) is 4. The number of methoxy groups -OCH3 is 1. The molecule has 1 atom stereocenters. The number of hydrogen-bond donors (Lipinski definition) is 1. The Hall–Kier alpha value is -2.24. The molecular weight excluding hydrogens is 286 g/mol. The molecule has 2 rings (SSSR count). The Bertz CT molecular complexity index is 531. The van der Waals surface area contributed by atoms with Gasteiger partial charge in [-0.25, -0.2) is 0 Å². The third-order valence-corrected chi connectivity index (χ3v) is 3.76. The maximum atomic E-state index is 12.3. The molecule has 0 saturated carbocycles. The molecule has 1 aliphatic heterocycles. The fourth-order valence-corrected chi connectivity index (χ4v) is 2.66. The van der Waals surface area contributed by atoms with Gasteiger partial charge in [0.1, 0.15) is 11.5 Å². The fraction of sp³-hybridized carbons (Fsp3) is 0.500. The van der Waals surface area contributed by atoms with Crippen molar-refractivity contribution >= 4 is 11.9 Å². The van der Waals surface area contributed by atoms with Crippen molar-refractivity contribution in [2.45, 2.75) is 31.7 Å². The zero-order chi connectivity index (χ0) is 15.9. The molecule has 1 N–H and O–H groups in total. The van der Waals surface area contributed by atoms with Crippen LogP contribution in [0.15, 0.2) is 24.3 Å². The lowest BCUT2D eigenvalue weighted by molar-refractivity contribution is -0.142. The summed E-state index contributed by atoms with van der Waals surface area (Å²) >= 11 is 0. The highest BCUT2D eigenvalue weighted by Crippen LogP contribution is 2.21. The Kier molecular flexibility index (Phi) is 5.63. The van der Waals surface area contributed by atoms with Gasteiger partial charge in [0.05, 0.1) is 13.5 Å². The summed E-state index contributed by atoms with van der Waals surface area (Å²) in [5, 5.41) is 8.95. The summed E-state index contributed by atoms with van der Waals surface area (Å²) in [6.07, 6.45) is 2.58. The van der Waals surface area contributed by atoms with Crippen LogP contribution in [-0.4, -0.2) is 48.2 Å². The molecule has 6 nitrogen and oxygen atoms in total. The number of carbonyl (C=O) groups is 2. The molecule has 0 aromatic heterocycles. The van der Waals surface area contributed by atoms with E-state index in [0.717, 1.165) is 19.3 Å². The summed E-state index contributed by atoms with van der Waals surface area (Å²) in [7, 11) is 1.56. The minimum Gasteiger partial charge on any atom is -0.497 e. The van der Waals surface area contributed by atoms with Crippen molar-refractivity contribution < 1.29 is 24.2 Å². The number of likely N-dealkylation sites (tertiary alicyclic amines) is 1. The van der Waals surface area contributed by atoms with E-state index in [9.17, 15) is 9.59 Å². The van der Waals surface area contributed by atoms with Gasteiger partial charge < -0.3 is 19.5 Å². The van der Waals surface area contributed by atoms with Gasteiger partial charge in [-0.2, -0.15) is 0 Å². The molecule has 1 fully saturated rings. The van der Waals surface area contributed by atoms with E-state index in [1.54, 1.807) is 36.3 Å². The third-order valence-electron chi connectivity index (χ3n) is 3.76. The van der Waals surface area contributed by atoms with Gasteiger partial charge in [-0.05, 0) is 31.4 Å². The Morgan fingerprint density at radius 1 is 1.32 bits per heavy atom. The van der Waals surface area contributed by atoms with Crippen LogP contribution in [0.1, 0.15) is 25.7 Å². The molecular formula is C16H21NO5. The average molecular weight is 307 g/mol. The van der Waals surface area contributed by atoms with Crippen molar-refractivity contribution in [1.29, 1.82) is 0 Å². The third kappa shape index (κ3) is 4.38. The molecule has 1 aromatic carbocycles. The lowest BCUT2D eigenvalue weighted by atomic mass is 9.99. The molecule has 6 heteroatoms. The van der Waals surface area contributed by atoms with E-state index in [-0.39, 0.29) is 25.0 Å². The van der Waals surface area contributed by atoms with E-state index in [2.05, 4.69) is 0 Å². The number of piperidine rings is 1. The van der Waals surface area contributed by atoms with E-state index in [0.29, 0.717) is 18.0 Å². The topological polar surface area (TPSA) is 76.1 Å². The van der Waals surface area contributed by atoms with Gasteiger partial charge >= 0.3 is 5.97 Å². The first-order chi connectivity index (χ1) is 10.6. The lowest BCUT2D eigenvalue weighted by Gasteiger charge is -2.34. The van der Waals surface area contributed by atoms with Crippen molar-refractivity contribution in [1.82, 2.24) is 4.90 Å². The zero-order valence-corrected chi connectivity index (χ0v) is 12.7. The second-order valence-electron chi connectivity index (χ2n) is 5.30. The van der Waals surface area contributed by atoms with Gasteiger partial charge in [-0.15, -0.1) is 0 Å². The molecule has 1 aliphatic rings. The number of carboxylic acids is 1. The van der Waals surface area contributed by atoms with Crippen LogP contribution >= 0.6 is 0 Å². The van der Waals surface area contributed by atoms with Crippen LogP contribution in [0.3, 0.4) is 0 Å². The van der Waals surface area contributed by atoms with Gasteiger partial charge in [0, 0.05) is 18.7 Å². The summed E-state index contributed by atoms with van der Waals surface area (Å²) in [4.78, 5) is 24.8. The van der Waals surface area contributed by atoms with Gasteiger partial charge in [0.2, 0.25) is 0 Å². The zero-order valence-electron chi connectivity index (χ0n) is 12.7. The quantitative estimate of drug-likeness (QED) is 0.869. The molecule has 0 unspecified atom stereocenters. The second-order valence-corrected chi connectivity index (χ2v) is 5.30. The first kappa shape index (κ1) is 16.1. The summed E-state index contributed by atoms with van der Waals surface area (Å²) in [6, 6.07) is 6.81.